The molecule has 0 heterocycles. The fraction of sp³-hybridized carbons (Fsp3) is 0.455. The molecule has 1 rings (SSSR count). The standard InChI is InChI=1S/C11H17NO/c1-3-11(2,8-12)9-6-4-5-7-10(9)13/h4-7,13H,3,8,12H2,1-2H3. The maximum absolute atomic E-state index is 9.65. The number of hydrogen-bond donors (Lipinski definition) is 2. The summed E-state index contributed by atoms with van der Waals surface area (Å²) in [7, 11) is 0. The van der Waals surface area contributed by atoms with Crippen LogP contribution >= 0.6 is 0 Å². The largest absolute Gasteiger partial charge is 0.508 e. The van der Waals surface area contributed by atoms with Crippen molar-refractivity contribution in [2.45, 2.75) is 25.7 Å². The van der Waals surface area contributed by atoms with E-state index < -0.39 is 0 Å². The molecular formula is C11H17NO. The molecule has 1 aromatic rings. The van der Waals surface area contributed by atoms with Crippen LogP contribution in [0, 0.1) is 0 Å². The van der Waals surface area contributed by atoms with Crippen LogP contribution in [0.1, 0.15) is 25.8 Å². The molecule has 0 saturated carbocycles. The van der Waals surface area contributed by atoms with Crippen molar-refractivity contribution in [3.8, 4) is 5.75 Å². The lowest BCUT2D eigenvalue weighted by molar-refractivity contribution is 0.413. The van der Waals surface area contributed by atoms with Crippen LogP contribution in [0.25, 0.3) is 0 Å². The molecule has 2 nitrogen and oxygen atoms in total. The van der Waals surface area contributed by atoms with E-state index in [2.05, 4.69) is 13.8 Å². The maximum Gasteiger partial charge on any atom is 0.119 e. The van der Waals surface area contributed by atoms with Crippen molar-refractivity contribution >= 4 is 0 Å². The average molecular weight is 179 g/mol. The number of nitrogens with two attached hydrogens (primary N) is 1. The van der Waals surface area contributed by atoms with Crippen molar-refractivity contribution < 1.29 is 5.11 Å². The van der Waals surface area contributed by atoms with E-state index in [1.54, 1.807) is 6.07 Å². The Balaban J connectivity index is 3.12. The molecule has 0 aliphatic carbocycles. The topological polar surface area (TPSA) is 46.2 Å². The van der Waals surface area contributed by atoms with Crippen molar-refractivity contribution in [2.24, 2.45) is 5.73 Å². The minimum Gasteiger partial charge on any atom is -0.508 e. The Morgan fingerprint density at radius 1 is 1.38 bits per heavy atom. The quantitative estimate of drug-likeness (QED) is 0.745. The first-order valence-corrected chi connectivity index (χ1v) is 4.62. The van der Waals surface area contributed by atoms with Gasteiger partial charge in [-0.3, -0.25) is 0 Å². The van der Waals surface area contributed by atoms with Crippen molar-refractivity contribution in [1.82, 2.24) is 0 Å². The van der Waals surface area contributed by atoms with Gasteiger partial charge in [-0.15, -0.1) is 0 Å². The predicted molar refractivity (Wildman–Crippen MR) is 54.8 cm³/mol. The molecule has 0 aliphatic rings. The van der Waals surface area contributed by atoms with Crippen LogP contribution < -0.4 is 5.73 Å². The summed E-state index contributed by atoms with van der Waals surface area (Å²) in [6, 6.07) is 7.40. The summed E-state index contributed by atoms with van der Waals surface area (Å²) in [6.45, 7) is 4.71. The van der Waals surface area contributed by atoms with Crippen molar-refractivity contribution in [3.05, 3.63) is 29.8 Å². The highest BCUT2D eigenvalue weighted by molar-refractivity contribution is 5.38. The molecule has 0 aliphatic heterocycles. The number of phenolic OH excluding ortho intramolecular Hbond substituents is 1. The van der Waals surface area contributed by atoms with Crippen LogP contribution in [0.2, 0.25) is 0 Å². The van der Waals surface area contributed by atoms with E-state index in [0.717, 1.165) is 12.0 Å². The number of hydrogen-bond acceptors (Lipinski definition) is 2. The first kappa shape index (κ1) is 10.1. The molecule has 0 aromatic heterocycles. The van der Waals surface area contributed by atoms with Crippen LogP contribution in [0.3, 0.4) is 0 Å². The summed E-state index contributed by atoms with van der Waals surface area (Å²) in [6.07, 6.45) is 0.932. The zero-order valence-electron chi connectivity index (χ0n) is 8.25. The van der Waals surface area contributed by atoms with Gasteiger partial charge in [-0.25, -0.2) is 0 Å². The minimum atomic E-state index is -0.106. The van der Waals surface area contributed by atoms with Crippen LogP contribution in [0.15, 0.2) is 24.3 Å². The lowest BCUT2D eigenvalue weighted by atomic mass is 9.80. The number of para-hydroxylation sites is 1. The molecule has 2 heteroatoms. The Morgan fingerprint density at radius 3 is 2.46 bits per heavy atom. The maximum atomic E-state index is 9.65. The highest BCUT2D eigenvalue weighted by Gasteiger charge is 2.25. The van der Waals surface area contributed by atoms with E-state index in [1.807, 2.05) is 18.2 Å². The molecule has 0 saturated heterocycles. The normalized spacial score (nSPS) is 15.3. The summed E-state index contributed by atoms with van der Waals surface area (Å²) in [5.74, 6) is 0.345. The van der Waals surface area contributed by atoms with Gasteiger partial charge >= 0.3 is 0 Å². The summed E-state index contributed by atoms with van der Waals surface area (Å²) < 4.78 is 0. The van der Waals surface area contributed by atoms with Gasteiger partial charge < -0.3 is 10.8 Å². The molecule has 0 fully saturated rings. The van der Waals surface area contributed by atoms with Crippen molar-refractivity contribution in [2.75, 3.05) is 6.54 Å². The van der Waals surface area contributed by atoms with E-state index in [9.17, 15) is 5.11 Å². The summed E-state index contributed by atoms with van der Waals surface area (Å²) in [4.78, 5) is 0. The zero-order valence-corrected chi connectivity index (χ0v) is 8.25. The fourth-order valence-electron chi connectivity index (χ4n) is 1.43. The number of aromatic hydroxyl groups is 1. The molecule has 1 atom stereocenters. The van der Waals surface area contributed by atoms with Crippen molar-refractivity contribution in [3.63, 3.8) is 0 Å². The number of rotatable bonds is 3. The van der Waals surface area contributed by atoms with Gasteiger partial charge in [-0.05, 0) is 12.5 Å². The van der Waals surface area contributed by atoms with E-state index in [0.29, 0.717) is 12.3 Å². The minimum absolute atomic E-state index is 0.106. The van der Waals surface area contributed by atoms with Gasteiger partial charge in [0.15, 0.2) is 0 Å². The fourth-order valence-corrected chi connectivity index (χ4v) is 1.43. The Labute approximate surface area is 79.4 Å². The summed E-state index contributed by atoms with van der Waals surface area (Å²) >= 11 is 0. The third kappa shape index (κ3) is 1.83. The van der Waals surface area contributed by atoms with Crippen LogP contribution in [0.5, 0.6) is 5.75 Å². The predicted octanol–water partition coefficient (Wildman–Crippen LogP) is 2.02. The molecule has 1 aromatic carbocycles. The molecule has 72 valence electrons. The van der Waals surface area contributed by atoms with Gasteiger partial charge in [0, 0.05) is 17.5 Å². The monoisotopic (exact) mass is 179 g/mol. The molecular weight excluding hydrogens is 162 g/mol. The van der Waals surface area contributed by atoms with Gasteiger partial charge in [0.2, 0.25) is 0 Å². The van der Waals surface area contributed by atoms with Gasteiger partial charge in [-0.1, -0.05) is 32.0 Å². The zero-order chi connectivity index (χ0) is 9.90. The van der Waals surface area contributed by atoms with E-state index >= 15 is 0 Å². The van der Waals surface area contributed by atoms with Crippen molar-refractivity contribution in [1.29, 1.82) is 0 Å². The first-order chi connectivity index (χ1) is 6.14. The Kier molecular flexibility index (Phi) is 2.94. The highest BCUT2D eigenvalue weighted by Crippen LogP contribution is 2.32. The lowest BCUT2D eigenvalue weighted by Gasteiger charge is -2.27. The Morgan fingerprint density at radius 2 is 2.00 bits per heavy atom. The molecule has 0 bridgehead atoms. The molecule has 13 heavy (non-hydrogen) atoms. The van der Waals surface area contributed by atoms with Crippen LogP contribution in [-0.4, -0.2) is 11.7 Å². The average Bonchev–Trinajstić information content (AvgIpc) is 2.17. The van der Waals surface area contributed by atoms with Crippen LogP contribution in [-0.2, 0) is 5.41 Å². The molecule has 0 radical (unpaired) electrons. The molecule has 1 unspecified atom stereocenters. The number of benzene rings is 1. The third-order valence-electron chi connectivity index (χ3n) is 2.79. The van der Waals surface area contributed by atoms with Gasteiger partial charge in [0.25, 0.3) is 0 Å². The Hall–Kier alpha value is -1.02. The number of phenols is 1. The first-order valence-electron chi connectivity index (χ1n) is 4.62. The van der Waals surface area contributed by atoms with Gasteiger partial charge in [0.05, 0.1) is 0 Å². The van der Waals surface area contributed by atoms with E-state index in [-0.39, 0.29) is 5.41 Å². The second-order valence-corrected chi connectivity index (χ2v) is 3.64. The van der Waals surface area contributed by atoms with E-state index in [1.165, 1.54) is 0 Å². The lowest BCUT2D eigenvalue weighted by Crippen LogP contribution is -2.30. The second-order valence-electron chi connectivity index (χ2n) is 3.64. The summed E-state index contributed by atoms with van der Waals surface area (Å²) in [5, 5.41) is 9.65. The van der Waals surface area contributed by atoms with Gasteiger partial charge in [-0.2, -0.15) is 0 Å². The smallest absolute Gasteiger partial charge is 0.119 e. The SMILES string of the molecule is CCC(C)(CN)c1ccccc1O. The third-order valence-corrected chi connectivity index (χ3v) is 2.79. The molecule has 0 amide bonds. The van der Waals surface area contributed by atoms with Crippen LogP contribution in [0.4, 0.5) is 0 Å². The molecule has 3 N–H and O–H groups in total. The second kappa shape index (κ2) is 3.79. The van der Waals surface area contributed by atoms with Gasteiger partial charge in [0.1, 0.15) is 5.75 Å². The Bertz CT molecular complexity index is 279. The highest BCUT2D eigenvalue weighted by atomic mass is 16.3. The van der Waals surface area contributed by atoms with E-state index in [4.69, 9.17) is 5.73 Å². The molecule has 0 spiro atoms. The summed E-state index contributed by atoms with van der Waals surface area (Å²) in [5.41, 5.74) is 6.55.